The maximum Gasteiger partial charge on any atom is 0.378 e. The Kier molecular flexibility index (Phi) is 8.26. The third-order valence-electron chi connectivity index (χ3n) is 4.82. The first-order valence-corrected chi connectivity index (χ1v) is 10.3. The predicted octanol–water partition coefficient (Wildman–Crippen LogP) is 4.45. The molecule has 3 aromatic rings. The molecule has 0 heterocycles. The summed E-state index contributed by atoms with van der Waals surface area (Å²) in [6, 6.07) is 15.4. The standard InChI is InChI=1S/C24H20BClO8/c1-30-16-7-3-14(4-8-16)12-32-19-11-18(26)20(23(27)28)21(24(29)34-25)22(19)33-13-15-5-9-17(31-2)10-6-15/h3-11H,12-13H2,1-2H3,(H,27,28). The lowest BCUT2D eigenvalue weighted by Crippen LogP contribution is -2.15. The molecule has 0 saturated heterocycles. The second-order valence-electron chi connectivity index (χ2n) is 6.92. The lowest BCUT2D eigenvalue weighted by molar-refractivity contribution is 0.0668. The van der Waals surface area contributed by atoms with Gasteiger partial charge in [0.25, 0.3) is 0 Å². The quantitative estimate of drug-likeness (QED) is 0.423. The lowest BCUT2D eigenvalue weighted by atomic mass is 10.0. The highest BCUT2D eigenvalue weighted by Crippen LogP contribution is 2.40. The molecule has 174 valence electrons. The molecule has 2 radical (unpaired) electrons. The number of carboxylic acid groups (broad SMARTS) is 1. The Morgan fingerprint density at radius 2 is 1.35 bits per heavy atom. The molecule has 0 fully saturated rings. The first-order chi connectivity index (χ1) is 16.4. The number of aromatic carboxylic acids is 1. The van der Waals surface area contributed by atoms with Gasteiger partial charge in [0, 0.05) is 6.07 Å². The van der Waals surface area contributed by atoms with E-state index >= 15 is 0 Å². The zero-order valence-corrected chi connectivity index (χ0v) is 19.1. The van der Waals surface area contributed by atoms with Crippen molar-refractivity contribution in [1.29, 1.82) is 0 Å². The van der Waals surface area contributed by atoms with Gasteiger partial charge in [0.05, 0.1) is 24.8 Å². The van der Waals surface area contributed by atoms with Gasteiger partial charge in [-0.05, 0) is 35.4 Å². The number of benzene rings is 3. The number of rotatable bonds is 10. The first kappa shape index (κ1) is 24.8. The van der Waals surface area contributed by atoms with Crippen LogP contribution in [0.1, 0.15) is 31.8 Å². The molecule has 0 saturated carbocycles. The van der Waals surface area contributed by atoms with E-state index in [4.69, 9.17) is 38.6 Å². The minimum absolute atomic E-state index is 0.0194. The van der Waals surface area contributed by atoms with Crippen LogP contribution in [0, 0.1) is 0 Å². The molecule has 0 aliphatic rings. The van der Waals surface area contributed by atoms with Crippen LogP contribution in [0.5, 0.6) is 23.0 Å². The zero-order chi connectivity index (χ0) is 24.7. The van der Waals surface area contributed by atoms with E-state index < -0.39 is 23.1 Å². The number of ether oxygens (including phenoxy) is 4. The molecule has 0 aliphatic heterocycles. The van der Waals surface area contributed by atoms with Crippen molar-refractivity contribution in [2.75, 3.05) is 14.2 Å². The summed E-state index contributed by atoms with van der Waals surface area (Å²) in [7, 11) is 8.17. The number of hydrogen-bond donors (Lipinski definition) is 1. The minimum Gasteiger partial charge on any atom is -0.540 e. The predicted molar refractivity (Wildman–Crippen MR) is 124 cm³/mol. The van der Waals surface area contributed by atoms with Crippen molar-refractivity contribution in [3.8, 4) is 23.0 Å². The van der Waals surface area contributed by atoms with Gasteiger partial charge in [0.15, 0.2) is 11.5 Å². The van der Waals surface area contributed by atoms with Crippen LogP contribution in [-0.2, 0) is 17.9 Å². The Labute approximate surface area is 202 Å². The van der Waals surface area contributed by atoms with Gasteiger partial charge in [-0.3, -0.25) is 0 Å². The number of halogens is 1. The maximum atomic E-state index is 12.5. The summed E-state index contributed by atoms with van der Waals surface area (Å²) in [5, 5.41) is 9.41. The molecule has 0 atom stereocenters. The number of carbonyl (C=O) groups is 2. The third-order valence-corrected chi connectivity index (χ3v) is 5.12. The highest BCUT2D eigenvalue weighted by atomic mass is 35.5. The van der Waals surface area contributed by atoms with Gasteiger partial charge in [0.2, 0.25) is 0 Å². The lowest BCUT2D eigenvalue weighted by Gasteiger charge is -2.19. The SMILES string of the molecule is [B]OC(=O)c1c(OCc2ccc(OC)cc2)c(OCc2ccc(OC)cc2)cc(Cl)c1C(=O)O. The summed E-state index contributed by atoms with van der Waals surface area (Å²) in [5.74, 6) is -1.39. The Balaban J connectivity index is 1.99. The Morgan fingerprint density at radius 3 is 1.79 bits per heavy atom. The van der Waals surface area contributed by atoms with Crippen LogP contribution in [0.2, 0.25) is 5.02 Å². The fraction of sp³-hybridized carbons (Fsp3) is 0.167. The highest BCUT2D eigenvalue weighted by molar-refractivity contribution is 6.35. The van der Waals surface area contributed by atoms with E-state index in [-0.39, 0.29) is 29.7 Å². The molecule has 0 aromatic heterocycles. The normalized spacial score (nSPS) is 10.3. The van der Waals surface area contributed by atoms with Crippen molar-refractivity contribution in [3.63, 3.8) is 0 Å². The topological polar surface area (TPSA) is 101 Å². The van der Waals surface area contributed by atoms with Gasteiger partial charge in [-0.2, -0.15) is 0 Å². The molecule has 3 aromatic carbocycles. The van der Waals surface area contributed by atoms with Gasteiger partial charge in [-0.25, -0.2) is 9.59 Å². The third kappa shape index (κ3) is 5.74. The number of methoxy groups -OCH3 is 2. The first-order valence-electron chi connectivity index (χ1n) is 9.90. The van der Waals surface area contributed by atoms with E-state index in [1.165, 1.54) is 6.07 Å². The van der Waals surface area contributed by atoms with Gasteiger partial charge in [0.1, 0.15) is 30.3 Å². The monoisotopic (exact) mass is 482 g/mol. The van der Waals surface area contributed by atoms with Crippen LogP contribution in [-0.4, -0.2) is 39.3 Å². The van der Waals surface area contributed by atoms with Crippen LogP contribution in [0.3, 0.4) is 0 Å². The summed E-state index contributed by atoms with van der Waals surface area (Å²) >= 11 is 6.18. The molecule has 34 heavy (non-hydrogen) atoms. The Bertz CT molecular complexity index is 1160. The van der Waals surface area contributed by atoms with Crippen LogP contribution in [0.4, 0.5) is 0 Å². The number of carboxylic acids is 1. The summed E-state index contributed by atoms with van der Waals surface area (Å²) in [4.78, 5) is 24.3. The van der Waals surface area contributed by atoms with Gasteiger partial charge < -0.3 is 28.7 Å². The number of hydrogen-bond acceptors (Lipinski definition) is 7. The van der Waals surface area contributed by atoms with Gasteiger partial charge in [-0.15, -0.1) is 0 Å². The molecule has 0 spiro atoms. The smallest absolute Gasteiger partial charge is 0.378 e. The van der Waals surface area contributed by atoms with E-state index in [0.717, 1.165) is 11.1 Å². The molecule has 1 N–H and O–H groups in total. The fourth-order valence-corrected chi connectivity index (χ4v) is 3.36. The molecule has 0 unspecified atom stereocenters. The van der Waals surface area contributed by atoms with Crippen LogP contribution in [0.25, 0.3) is 0 Å². The largest absolute Gasteiger partial charge is 0.540 e. The summed E-state index contributed by atoms with van der Waals surface area (Å²) in [6.07, 6.45) is 0. The molecule has 0 bridgehead atoms. The van der Waals surface area contributed by atoms with Crippen molar-refractivity contribution in [2.45, 2.75) is 13.2 Å². The van der Waals surface area contributed by atoms with Crippen LogP contribution >= 0.6 is 11.6 Å². The molecule has 10 heteroatoms. The van der Waals surface area contributed by atoms with Gasteiger partial charge >= 0.3 is 20.0 Å². The highest BCUT2D eigenvalue weighted by Gasteiger charge is 2.29. The Hall–Kier alpha value is -3.85. The van der Waals surface area contributed by atoms with Crippen molar-refractivity contribution in [1.82, 2.24) is 0 Å². The second-order valence-corrected chi connectivity index (χ2v) is 7.33. The fourth-order valence-electron chi connectivity index (χ4n) is 3.08. The molecule has 0 aliphatic carbocycles. The van der Waals surface area contributed by atoms with Crippen LogP contribution < -0.4 is 18.9 Å². The van der Waals surface area contributed by atoms with Crippen molar-refractivity contribution < 1.29 is 38.3 Å². The number of carbonyl (C=O) groups excluding carboxylic acids is 1. The van der Waals surface area contributed by atoms with E-state index in [9.17, 15) is 14.7 Å². The van der Waals surface area contributed by atoms with Crippen LogP contribution in [0.15, 0.2) is 54.6 Å². The summed E-state index contributed by atoms with van der Waals surface area (Å²) in [6.45, 7) is 0.0528. The summed E-state index contributed by atoms with van der Waals surface area (Å²) in [5.41, 5.74) is 0.531. The second kappa shape index (κ2) is 11.3. The Morgan fingerprint density at radius 1 is 0.853 bits per heavy atom. The molecule has 3 rings (SSSR count). The maximum absolute atomic E-state index is 12.5. The molecule has 8 nitrogen and oxygen atoms in total. The zero-order valence-electron chi connectivity index (χ0n) is 18.4. The van der Waals surface area contributed by atoms with Crippen molar-refractivity contribution in [2.24, 2.45) is 0 Å². The van der Waals surface area contributed by atoms with E-state index in [1.807, 2.05) is 0 Å². The average Bonchev–Trinajstić information content (AvgIpc) is 2.86. The average molecular weight is 483 g/mol. The van der Waals surface area contributed by atoms with Crippen molar-refractivity contribution >= 4 is 31.6 Å². The van der Waals surface area contributed by atoms with E-state index in [0.29, 0.717) is 11.5 Å². The van der Waals surface area contributed by atoms with Gasteiger partial charge in [-0.1, -0.05) is 35.9 Å². The molecular weight excluding hydrogens is 463 g/mol. The van der Waals surface area contributed by atoms with E-state index in [2.05, 4.69) is 4.65 Å². The minimum atomic E-state index is -1.46. The van der Waals surface area contributed by atoms with Crippen molar-refractivity contribution in [3.05, 3.63) is 81.9 Å². The molecule has 0 amide bonds. The summed E-state index contributed by atoms with van der Waals surface area (Å²) < 4.78 is 26.3. The van der Waals surface area contributed by atoms with E-state index in [1.54, 1.807) is 62.8 Å². The molecular formula is C24H20BClO8.